The maximum atomic E-state index is 12.5. The number of carbonyl (C=O) groups is 1. The van der Waals surface area contributed by atoms with E-state index in [2.05, 4.69) is 17.3 Å². The Morgan fingerprint density at radius 1 is 1.13 bits per heavy atom. The van der Waals surface area contributed by atoms with Gasteiger partial charge in [0.2, 0.25) is 5.60 Å². The number of nitrogens with two attached hydrogens (primary N) is 1. The van der Waals surface area contributed by atoms with Crippen LogP contribution in [0.3, 0.4) is 0 Å². The van der Waals surface area contributed by atoms with Crippen molar-refractivity contribution < 1.29 is 14.4 Å². The zero-order valence-corrected chi connectivity index (χ0v) is 18.7. The number of hydrogen-bond acceptors (Lipinski definition) is 4. The van der Waals surface area contributed by atoms with E-state index in [0.717, 1.165) is 5.56 Å². The van der Waals surface area contributed by atoms with E-state index in [1.54, 1.807) is 32.0 Å². The largest absolute Gasteiger partial charge is 0.476 e. The molecule has 0 radical (unpaired) electrons. The first kappa shape index (κ1) is 22.4. The third-order valence-electron chi connectivity index (χ3n) is 5.20. The number of ether oxygens (including phenoxy) is 1. The van der Waals surface area contributed by atoms with Gasteiger partial charge < -0.3 is 15.3 Å². The van der Waals surface area contributed by atoms with Crippen molar-refractivity contribution in [2.24, 2.45) is 10.9 Å². The molecular weight excluding hydrogens is 423 g/mol. The first-order valence-corrected chi connectivity index (χ1v) is 10.8. The SMILES string of the molecule is CC(C)(Oc1ccc(C2CCCC2)cc1)C(=O)O/N=C(\N)Cc1ccc(Cl)cc1Cl. The Kier molecular flexibility index (Phi) is 7.27. The van der Waals surface area contributed by atoms with E-state index in [-0.39, 0.29) is 12.3 Å². The number of nitrogens with zero attached hydrogens (tertiary/aromatic N) is 1. The van der Waals surface area contributed by atoms with Gasteiger partial charge in [-0.05, 0) is 68.0 Å². The summed E-state index contributed by atoms with van der Waals surface area (Å²) in [5.41, 5.74) is 6.70. The minimum absolute atomic E-state index is 0.115. The molecule has 3 rings (SSSR count). The molecule has 0 aliphatic heterocycles. The monoisotopic (exact) mass is 448 g/mol. The minimum Gasteiger partial charge on any atom is -0.476 e. The molecule has 30 heavy (non-hydrogen) atoms. The van der Waals surface area contributed by atoms with Gasteiger partial charge in [0.1, 0.15) is 11.6 Å². The van der Waals surface area contributed by atoms with Crippen molar-refractivity contribution in [1.29, 1.82) is 0 Å². The smallest absolute Gasteiger partial charge is 0.377 e. The molecular formula is C23H26Cl2N2O3. The van der Waals surface area contributed by atoms with Crippen molar-refractivity contribution in [2.75, 3.05) is 0 Å². The van der Waals surface area contributed by atoms with Gasteiger partial charge in [-0.15, -0.1) is 0 Å². The Morgan fingerprint density at radius 3 is 2.43 bits per heavy atom. The molecule has 1 aliphatic rings. The lowest BCUT2D eigenvalue weighted by Crippen LogP contribution is -2.39. The fourth-order valence-electron chi connectivity index (χ4n) is 3.51. The number of carbonyl (C=O) groups excluding carboxylic acids is 1. The third kappa shape index (κ3) is 5.89. The van der Waals surface area contributed by atoms with E-state index in [0.29, 0.717) is 21.7 Å². The minimum atomic E-state index is -1.23. The second-order valence-corrected chi connectivity index (χ2v) is 8.88. The molecule has 5 nitrogen and oxygen atoms in total. The van der Waals surface area contributed by atoms with Gasteiger partial charge in [0.15, 0.2) is 0 Å². The molecule has 0 atom stereocenters. The van der Waals surface area contributed by atoms with E-state index in [1.165, 1.54) is 31.2 Å². The fourth-order valence-corrected chi connectivity index (χ4v) is 3.98. The molecule has 2 aromatic carbocycles. The molecule has 1 saturated carbocycles. The molecule has 7 heteroatoms. The van der Waals surface area contributed by atoms with Crippen LogP contribution in [0.2, 0.25) is 10.0 Å². The predicted molar refractivity (Wildman–Crippen MR) is 120 cm³/mol. The number of amidine groups is 1. The first-order chi connectivity index (χ1) is 14.2. The van der Waals surface area contributed by atoms with E-state index >= 15 is 0 Å². The summed E-state index contributed by atoms with van der Waals surface area (Å²) in [6, 6.07) is 13.0. The highest BCUT2D eigenvalue weighted by Crippen LogP contribution is 2.35. The van der Waals surface area contributed by atoms with Crippen molar-refractivity contribution in [1.82, 2.24) is 0 Å². The standard InChI is InChI=1S/C23H26Cl2N2O3/c1-23(2,29-19-11-8-16(9-12-19)15-5-3-4-6-15)22(28)30-27-21(26)13-17-7-10-18(24)14-20(17)25/h7-12,14-15H,3-6,13H2,1-2H3,(H2,26,27). The molecule has 0 bridgehead atoms. The van der Waals surface area contributed by atoms with Crippen molar-refractivity contribution in [2.45, 2.75) is 57.5 Å². The highest BCUT2D eigenvalue weighted by Gasteiger charge is 2.33. The Labute approximate surface area is 187 Å². The van der Waals surface area contributed by atoms with Crippen LogP contribution in [0.15, 0.2) is 47.6 Å². The number of hydrogen-bond donors (Lipinski definition) is 1. The van der Waals surface area contributed by atoms with E-state index in [9.17, 15) is 4.79 Å². The van der Waals surface area contributed by atoms with E-state index in [1.807, 2.05) is 12.1 Å². The average Bonchev–Trinajstić information content (AvgIpc) is 3.23. The average molecular weight is 449 g/mol. The topological polar surface area (TPSA) is 73.9 Å². The molecule has 2 N–H and O–H groups in total. The number of oxime groups is 1. The van der Waals surface area contributed by atoms with Crippen LogP contribution in [-0.2, 0) is 16.1 Å². The number of rotatable bonds is 7. The van der Waals surface area contributed by atoms with Crippen LogP contribution in [0.25, 0.3) is 0 Å². The highest BCUT2D eigenvalue weighted by atomic mass is 35.5. The number of halogens is 2. The molecule has 0 saturated heterocycles. The molecule has 2 aromatic rings. The van der Waals surface area contributed by atoms with Gasteiger partial charge in [-0.1, -0.05) is 59.4 Å². The molecule has 0 spiro atoms. The Balaban J connectivity index is 1.57. The Morgan fingerprint density at radius 2 is 1.80 bits per heavy atom. The van der Waals surface area contributed by atoms with Gasteiger partial charge in [0, 0.05) is 16.5 Å². The molecule has 1 fully saturated rings. The second kappa shape index (κ2) is 9.71. The summed E-state index contributed by atoms with van der Waals surface area (Å²) in [5.74, 6) is 0.698. The van der Waals surface area contributed by atoms with Gasteiger partial charge >= 0.3 is 5.97 Å². The molecule has 0 unspecified atom stereocenters. The Hall–Kier alpha value is -2.24. The Bertz CT molecular complexity index is 921. The van der Waals surface area contributed by atoms with Gasteiger partial charge in [0.25, 0.3) is 0 Å². The summed E-state index contributed by atoms with van der Waals surface area (Å²) in [6.45, 7) is 3.25. The van der Waals surface area contributed by atoms with Crippen LogP contribution in [0, 0.1) is 0 Å². The molecule has 0 aromatic heterocycles. The van der Waals surface area contributed by atoms with Crippen LogP contribution in [0.5, 0.6) is 5.75 Å². The lowest BCUT2D eigenvalue weighted by Gasteiger charge is -2.23. The quantitative estimate of drug-likeness (QED) is 0.248. The lowest BCUT2D eigenvalue weighted by molar-refractivity contribution is -0.159. The van der Waals surface area contributed by atoms with Crippen molar-refractivity contribution in [3.8, 4) is 5.75 Å². The summed E-state index contributed by atoms with van der Waals surface area (Å²) >= 11 is 12.0. The summed E-state index contributed by atoms with van der Waals surface area (Å²) < 4.78 is 5.84. The second-order valence-electron chi connectivity index (χ2n) is 8.04. The van der Waals surface area contributed by atoms with Crippen molar-refractivity contribution >= 4 is 35.0 Å². The third-order valence-corrected chi connectivity index (χ3v) is 5.79. The van der Waals surface area contributed by atoms with Gasteiger partial charge in [-0.3, -0.25) is 0 Å². The molecule has 0 amide bonds. The van der Waals surface area contributed by atoms with Crippen LogP contribution in [-0.4, -0.2) is 17.4 Å². The molecule has 160 valence electrons. The van der Waals surface area contributed by atoms with Crippen molar-refractivity contribution in [3.63, 3.8) is 0 Å². The lowest BCUT2D eigenvalue weighted by atomic mass is 9.98. The maximum Gasteiger partial charge on any atom is 0.377 e. The normalized spacial score (nSPS) is 15.3. The first-order valence-electron chi connectivity index (χ1n) is 10.0. The van der Waals surface area contributed by atoms with Crippen LogP contribution in [0.1, 0.15) is 56.6 Å². The summed E-state index contributed by atoms with van der Waals surface area (Å²) in [6.07, 6.45) is 5.27. The summed E-state index contributed by atoms with van der Waals surface area (Å²) in [5, 5.41) is 4.73. The van der Waals surface area contributed by atoms with Gasteiger partial charge in [-0.25, -0.2) is 4.79 Å². The summed E-state index contributed by atoms with van der Waals surface area (Å²) in [7, 11) is 0. The number of benzene rings is 2. The zero-order chi connectivity index (χ0) is 21.7. The van der Waals surface area contributed by atoms with E-state index in [4.69, 9.17) is 38.5 Å². The molecule has 1 aliphatic carbocycles. The van der Waals surface area contributed by atoms with Crippen LogP contribution >= 0.6 is 23.2 Å². The van der Waals surface area contributed by atoms with Crippen LogP contribution in [0.4, 0.5) is 0 Å². The van der Waals surface area contributed by atoms with Crippen molar-refractivity contribution in [3.05, 3.63) is 63.6 Å². The zero-order valence-electron chi connectivity index (χ0n) is 17.2. The summed E-state index contributed by atoms with van der Waals surface area (Å²) in [4.78, 5) is 17.5. The fraction of sp³-hybridized carbons (Fsp3) is 0.391. The van der Waals surface area contributed by atoms with Crippen LogP contribution < -0.4 is 10.5 Å². The predicted octanol–water partition coefficient (Wildman–Crippen LogP) is 5.87. The van der Waals surface area contributed by atoms with Gasteiger partial charge in [0.05, 0.1) is 0 Å². The van der Waals surface area contributed by atoms with Gasteiger partial charge in [-0.2, -0.15) is 0 Å². The van der Waals surface area contributed by atoms with E-state index < -0.39 is 11.6 Å². The highest BCUT2D eigenvalue weighted by molar-refractivity contribution is 6.35. The maximum absolute atomic E-state index is 12.5. The molecule has 0 heterocycles.